The number of aryl methyl sites for hydroxylation is 1. The topological polar surface area (TPSA) is 49.4 Å². The molecule has 3 rings (SSSR count). The Bertz CT molecular complexity index is 849. The normalized spacial score (nSPS) is 15.1. The fourth-order valence-electron chi connectivity index (χ4n) is 3.22. The summed E-state index contributed by atoms with van der Waals surface area (Å²) >= 11 is 3.42. The highest BCUT2D eigenvalue weighted by molar-refractivity contribution is 9.10. The first kappa shape index (κ1) is 20.3. The minimum Gasteiger partial charge on any atom is -0.337 e. The third-order valence-corrected chi connectivity index (χ3v) is 5.40. The van der Waals surface area contributed by atoms with E-state index in [2.05, 4.69) is 21.2 Å². The molecule has 1 aliphatic rings. The molecule has 4 nitrogen and oxygen atoms in total. The lowest BCUT2D eigenvalue weighted by Crippen LogP contribution is -2.39. The van der Waals surface area contributed by atoms with Gasteiger partial charge in [-0.3, -0.25) is 9.59 Å². The van der Waals surface area contributed by atoms with Gasteiger partial charge in [0, 0.05) is 23.1 Å². The first-order valence-electron chi connectivity index (χ1n) is 9.67. The number of hydrogen-bond acceptors (Lipinski definition) is 2. The summed E-state index contributed by atoms with van der Waals surface area (Å²) in [5.74, 6) is -0.392. The zero-order chi connectivity index (χ0) is 19.9. The minimum absolute atomic E-state index is 0.120. The number of hydrogen-bond donors (Lipinski definition) is 1. The summed E-state index contributed by atoms with van der Waals surface area (Å²) in [7, 11) is 0. The van der Waals surface area contributed by atoms with Crippen LogP contribution in [0.4, 0.5) is 0 Å². The van der Waals surface area contributed by atoms with E-state index in [9.17, 15) is 9.59 Å². The number of rotatable bonds is 4. The van der Waals surface area contributed by atoms with Gasteiger partial charge in [-0.2, -0.15) is 0 Å². The van der Waals surface area contributed by atoms with Gasteiger partial charge in [-0.25, -0.2) is 0 Å². The Hall–Kier alpha value is -2.40. The molecule has 5 heteroatoms. The molecule has 0 unspecified atom stereocenters. The maximum atomic E-state index is 13.2. The molecule has 1 fully saturated rings. The molecule has 0 bridgehead atoms. The number of carbonyl (C=O) groups excluding carboxylic acids is 2. The maximum absolute atomic E-state index is 13.2. The zero-order valence-electron chi connectivity index (χ0n) is 16.1. The fraction of sp³-hybridized carbons (Fsp3) is 0.304. The Morgan fingerprint density at radius 3 is 2.14 bits per heavy atom. The summed E-state index contributed by atoms with van der Waals surface area (Å²) in [6.07, 6.45) is 6.05. The smallest absolute Gasteiger partial charge is 0.270 e. The van der Waals surface area contributed by atoms with Crippen LogP contribution in [0.5, 0.6) is 0 Å². The van der Waals surface area contributed by atoms with E-state index in [4.69, 9.17) is 0 Å². The number of amides is 2. The van der Waals surface area contributed by atoms with Gasteiger partial charge in [0.2, 0.25) is 0 Å². The third-order valence-electron chi connectivity index (χ3n) is 4.87. The van der Waals surface area contributed by atoms with E-state index in [0.717, 1.165) is 54.4 Å². The van der Waals surface area contributed by atoms with Crippen LogP contribution in [0.15, 0.2) is 58.7 Å². The number of carbonyl (C=O) groups is 2. The van der Waals surface area contributed by atoms with E-state index in [1.165, 1.54) is 0 Å². The molecule has 2 amide bonds. The molecular formula is C23H25BrN2O2. The van der Waals surface area contributed by atoms with Crippen molar-refractivity contribution in [3.63, 3.8) is 0 Å². The Balaban J connectivity index is 1.86. The average molecular weight is 441 g/mol. The number of halogens is 1. The number of nitrogens with one attached hydrogen (secondary N) is 1. The van der Waals surface area contributed by atoms with Crippen molar-refractivity contribution in [1.29, 1.82) is 0 Å². The molecule has 1 N–H and O–H groups in total. The lowest BCUT2D eigenvalue weighted by molar-refractivity contribution is -0.127. The van der Waals surface area contributed by atoms with E-state index in [1.807, 2.05) is 48.2 Å². The van der Waals surface area contributed by atoms with Crippen LogP contribution in [0.2, 0.25) is 0 Å². The van der Waals surface area contributed by atoms with Crippen molar-refractivity contribution in [2.45, 2.75) is 32.6 Å². The molecule has 0 aliphatic carbocycles. The summed E-state index contributed by atoms with van der Waals surface area (Å²) in [5.41, 5.74) is 2.80. The second kappa shape index (κ2) is 9.69. The van der Waals surface area contributed by atoms with Crippen molar-refractivity contribution >= 4 is 33.8 Å². The van der Waals surface area contributed by atoms with Gasteiger partial charge < -0.3 is 10.2 Å². The van der Waals surface area contributed by atoms with Crippen molar-refractivity contribution in [2.24, 2.45) is 0 Å². The molecule has 0 saturated carbocycles. The fourth-order valence-corrected chi connectivity index (χ4v) is 3.48. The molecule has 0 aromatic heterocycles. The highest BCUT2D eigenvalue weighted by atomic mass is 79.9. The first-order valence-corrected chi connectivity index (χ1v) is 10.5. The van der Waals surface area contributed by atoms with Crippen LogP contribution in [-0.4, -0.2) is 29.8 Å². The molecule has 0 atom stereocenters. The van der Waals surface area contributed by atoms with Gasteiger partial charge in [0.15, 0.2) is 0 Å². The maximum Gasteiger partial charge on any atom is 0.270 e. The van der Waals surface area contributed by atoms with Gasteiger partial charge in [0.05, 0.1) is 0 Å². The summed E-state index contributed by atoms with van der Waals surface area (Å²) < 4.78 is 0.966. The van der Waals surface area contributed by atoms with Crippen LogP contribution in [0.3, 0.4) is 0 Å². The molecule has 0 spiro atoms. The molecular weight excluding hydrogens is 416 g/mol. The highest BCUT2D eigenvalue weighted by Crippen LogP contribution is 2.16. The zero-order valence-corrected chi connectivity index (χ0v) is 17.7. The van der Waals surface area contributed by atoms with Crippen LogP contribution < -0.4 is 5.32 Å². The van der Waals surface area contributed by atoms with Gasteiger partial charge in [-0.1, -0.05) is 58.6 Å². The average Bonchev–Trinajstić information content (AvgIpc) is 2.98. The lowest BCUT2D eigenvalue weighted by atomic mass is 10.1. The van der Waals surface area contributed by atoms with Crippen molar-refractivity contribution in [3.8, 4) is 0 Å². The molecule has 2 aromatic carbocycles. The van der Waals surface area contributed by atoms with Gasteiger partial charge in [-0.15, -0.1) is 0 Å². The van der Waals surface area contributed by atoms with Crippen LogP contribution in [0.25, 0.3) is 6.08 Å². The van der Waals surface area contributed by atoms with Gasteiger partial charge in [0.1, 0.15) is 5.70 Å². The van der Waals surface area contributed by atoms with Crippen LogP contribution >= 0.6 is 15.9 Å². The molecule has 0 radical (unpaired) electrons. The quantitative estimate of drug-likeness (QED) is 0.684. The summed E-state index contributed by atoms with van der Waals surface area (Å²) in [4.78, 5) is 27.8. The minimum atomic E-state index is -0.272. The monoisotopic (exact) mass is 440 g/mol. The van der Waals surface area contributed by atoms with Crippen LogP contribution in [0.1, 0.15) is 47.2 Å². The van der Waals surface area contributed by atoms with E-state index < -0.39 is 0 Å². The van der Waals surface area contributed by atoms with Crippen LogP contribution in [-0.2, 0) is 4.79 Å². The third kappa shape index (κ3) is 5.55. The standard InChI is InChI=1S/C23H25BrN2O2/c1-17-6-10-19(11-7-17)22(27)25-21(16-18-8-12-20(24)13-9-18)23(28)26-14-4-2-3-5-15-26/h6-13,16H,2-5,14-15H2,1H3,(H,25,27)/b21-16-. The van der Waals surface area contributed by atoms with Gasteiger partial charge in [0.25, 0.3) is 11.8 Å². The van der Waals surface area contributed by atoms with E-state index >= 15 is 0 Å². The second-order valence-electron chi connectivity index (χ2n) is 7.14. The molecule has 1 aliphatic heterocycles. The summed E-state index contributed by atoms with van der Waals surface area (Å²) in [6, 6.07) is 15.0. The van der Waals surface area contributed by atoms with Gasteiger partial charge in [-0.05, 0) is 55.7 Å². The van der Waals surface area contributed by atoms with E-state index in [-0.39, 0.29) is 11.8 Å². The number of likely N-dealkylation sites (tertiary alicyclic amines) is 1. The van der Waals surface area contributed by atoms with Crippen molar-refractivity contribution < 1.29 is 9.59 Å². The second-order valence-corrected chi connectivity index (χ2v) is 8.05. The summed E-state index contributed by atoms with van der Waals surface area (Å²) in [5, 5.41) is 2.85. The Kier molecular flexibility index (Phi) is 7.04. The summed E-state index contributed by atoms with van der Waals surface area (Å²) in [6.45, 7) is 3.44. The predicted octanol–water partition coefficient (Wildman–Crippen LogP) is 4.93. The number of nitrogens with zero attached hydrogens (tertiary/aromatic N) is 1. The molecule has 2 aromatic rings. The Labute approximate surface area is 174 Å². The molecule has 28 heavy (non-hydrogen) atoms. The molecule has 1 saturated heterocycles. The van der Waals surface area contributed by atoms with Crippen molar-refractivity contribution in [1.82, 2.24) is 10.2 Å². The van der Waals surface area contributed by atoms with Crippen molar-refractivity contribution in [3.05, 3.63) is 75.4 Å². The first-order chi connectivity index (χ1) is 13.5. The Morgan fingerprint density at radius 2 is 1.54 bits per heavy atom. The molecule has 146 valence electrons. The van der Waals surface area contributed by atoms with Crippen molar-refractivity contribution in [2.75, 3.05) is 13.1 Å². The number of benzene rings is 2. The largest absolute Gasteiger partial charge is 0.337 e. The Morgan fingerprint density at radius 1 is 0.929 bits per heavy atom. The molecule has 1 heterocycles. The lowest BCUT2D eigenvalue weighted by Gasteiger charge is -2.22. The van der Waals surface area contributed by atoms with E-state index in [1.54, 1.807) is 18.2 Å². The SMILES string of the molecule is Cc1ccc(C(=O)N/C(=C\c2ccc(Br)cc2)C(=O)N2CCCCCC2)cc1. The van der Waals surface area contributed by atoms with Crippen LogP contribution in [0, 0.1) is 6.92 Å². The van der Waals surface area contributed by atoms with Gasteiger partial charge >= 0.3 is 0 Å². The van der Waals surface area contributed by atoms with E-state index in [0.29, 0.717) is 11.3 Å². The predicted molar refractivity (Wildman–Crippen MR) is 116 cm³/mol. The highest BCUT2D eigenvalue weighted by Gasteiger charge is 2.21.